The van der Waals surface area contributed by atoms with E-state index in [1.807, 2.05) is 31.2 Å². The SMILES string of the molecule is Cc1ccc(CNC(=O)CCc2nc(-c3cccc(C(F)(F)F)c3)no2)cc1. The minimum absolute atomic E-state index is 0.0566. The Labute approximate surface area is 159 Å². The maximum atomic E-state index is 12.8. The predicted molar refractivity (Wildman–Crippen MR) is 96.1 cm³/mol. The number of alkyl halides is 3. The Morgan fingerprint density at radius 3 is 2.61 bits per heavy atom. The first-order valence-electron chi connectivity index (χ1n) is 8.64. The molecule has 0 unspecified atom stereocenters. The second-order valence-corrected chi connectivity index (χ2v) is 6.35. The summed E-state index contributed by atoms with van der Waals surface area (Å²) in [5.41, 5.74) is 1.55. The highest BCUT2D eigenvalue weighted by atomic mass is 19.4. The third-order valence-corrected chi connectivity index (χ3v) is 4.09. The van der Waals surface area contributed by atoms with Crippen molar-refractivity contribution in [1.82, 2.24) is 15.5 Å². The number of halogens is 3. The van der Waals surface area contributed by atoms with Gasteiger partial charge in [-0.2, -0.15) is 18.2 Å². The van der Waals surface area contributed by atoms with Gasteiger partial charge in [-0.3, -0.25) is 4.79 Å². The zero-order valence-corrected chi connectivity index (χ0v) is 15.1. The lowest BCUT2D eigenvalue weighted by atomic mass is 10.1. The van der Waals surface area contributed by atoms with Gasteiger partial charge in [0.05, 0.1) is 5.56 Å². The lowest BCUT2D eigenvalue weighted by Crippen LogP contribution is -2.23. The number of aryl methyl sites for hydroxylation is 2. The number of carbonyl (C=O) groups excluding carboxylic acids is 1. The van der Waals surface area contributed by atoms with E-state index in [-0.39, 0.29) is 36.0 Å². The number of nitrogens with one attached hydrogen (secondary N) is 1. The molecule has 1 N–H and O–H groups in total. The number of aromatic nitrogens is 2. The third kappa shape index (κ3) is 5.18. The summed E-state index contributed by atoms with van der Waals surface area (Å²) in [7, 11) is 0. The van der Waals surface area contributed by atoms with Gasteiger partial charge in [0.1, 0.15) is 0 Å². The zero-order chi connectivity index (χ0) is 20.1. The molecule has 146 valence electrons. The average molecular weight is 389 g/mol. The van der Waals surface area contributed by atoms with Crippen LogP contribution in [0.15, 0.2) is 53.1 Å². The molecule has 0 spiro atoms. The number of carbonyl (C=O) groups is 1. The molecule has 1 heterocycles. The van der Waals surface area contributed by atoms with Gasteiger partial charge >= 0.3 is 6.18 Å². The lowest BCUT2D eigenvalue weighted by Gasteiger charge is -2.06. The van der Waals surface area contributed by atoms with Crippen LogP contribution in [-0.4, -0.2) is 16.0 Å². The fourth-order valence-electron chi connectivity index (χ4n) is 2.52. The first-order valence-corrected chi connectivity index (χ1v) is 8.64. The summed E-state index contributed by atoms with van der Waals surface area (Å²) in [6.45, 7) is 2.40. The third-order valence-electron chi connectivity index (χ3n) is 4.09. The Hall–Kier alpha value is -3.16. The van der Waals surface area contributed by atoms with Gasteiger partial charge in [-0.05, 0) is 24.6 Å². The molecule has 0 fully saturated rings. The molecular weight excluding hydrogens is 371 g/mol. The molecule has 0 aliphatic heterocycles. The van der Waals surface area contributed by atoms with Crippen molar-refractivity contribution >= 4 is 5.91 Å². The Kier molecular flexibility index (Phi) is 5.77. The summed E-state index contributed by atoms with van der Waals surface area (Å²) < 4.78 is 43.5. The van der Waals surface area contributed by atoms with Crippen LogP contribution in [0.5, 0.6) is 0 Å². The molecular formula is C20H18F3N3O2. The number of rotatable bonds is 6. The van der Waals surface area contributed by atoms with Crippen molar-refractivity contribution in [3.05, 3.63) is 71.1 Å². The topological polar surface area (TPSA) is 68.0 Å². The summed E-state index contributed by atoms with van der Waals surface area (Å²) in [5.74, 6) is 0.0680. The van der Waals surface area contributed by atoms with Gasteiger partial charge in [0.25, 0.3) is 0 Å². The Bertz CT molecular complexity index is 950. The van der Waals surface area contributed by atoms with Crippen LogP contribution in [0, 0.1) is 6.92 Å². The van der Waals surface area contributed by atoms with Gasteiger partial charge in [-0.1, -0.05) is 47.1 Å². The van der Waals surface area contributed by atoms with Crippen LogP contribution in [0.4, 0.5) is 13.2 Å². The maximum Gasteiger partial charge on any atom is 0.416 e. The van der Waals surface area contributed by atoms with Crippen LogP contribution in [0.25, 0.3) is 11.4 Å². The lowest BCUT2D eigenvalue weighted by molar-refractivity contribution is -0.137. The number of hydrogen-bond donors (Lipinski definition) is 1. The normalized spacial score (nSPS) is 11.4. The van der Waals surface area contributed by atoms with E-state index in [0.717, 1.165) is 23.3 Å². The van der Waals surface area contributed by atoms with Crippen LogP contribution < -0.4 is 5.32 Å². The zero-order valence-electron chi connectivity index (χ0n) is 15.1. The number of amides is 1. The standard InChI is InChI=1S/C20H18F3N3O2/c1-13-5-7-14(8-6-13)12-24-17(27)9-10-18-25-19(26-28-18)15-3-2-4-16(11-15)20(21,22)23/h2-8,11H,9-10,12H2,1H3,(H,24,27). The minimum Gasteiger partial charge on any atom is -0.352 e. The highest BCUT2D eigenvalue weighted by Gasteiger charge is 2.30. The van der Waals surface area contributed by atoms with Gasteiger partial charge < -0.3 is 9.84 Å². The van der Waals surface area contributed by atoms with Crippen molar-refractivity contribution in [2.75, 3.05) is 0 Å². The van der Waals surface area contributed by atoms with Crippen LogP contribution in [0.1, 0.15) is 29.0 Å². The molecule has 0 aliphatic carbocycles. The van der Waals surface area contributed by atoms with Crippen molar-refractivity contribution in [3.63, 3.8) is 0 Å². The summed E-state index contributed by atoms with van der Waals surface area (Å²) in [6.07, 6.45) is -4.11. The molecule has 5 nitrogen and oxygen atoms in total. The van der Waals surface area contributed by atoms with Crippen LogP contribution in [-0.2, 0) is 23.9 Å². The van der Waals surface area contributed by atoms with Gasteiger partial charge in [0.2, 0.25) is 17.6 Å². The van der Waals surface area contributed by atoms with Crippen LogP contribution >= 0.6 is 0 Å². The predicted octanol–water partition coefficient (Wildman–Crippen LogP) is 4.31. The van der Waals surface area contributed by atoms with Gasteiger partial charge in [0.15, 0.2) is 0 Å². The van der Waals surface area contributed by atoms with Crippen molar-refractivity contribution in [2.45, 2.75) is 32.5 Å². The Balaban J connectivity index is 1.54. The highest BCUT2D eigenvalue weighted by Crippen LogP contribution is 2.31. The van der Waals surface area contributed by atoms with Gasteiger partial charge in [-0.25, -0.2) is 0 Å². The molecule has 0 radical (unpaired) electrons. The second kappa shape index (κ2) is 8.24. The molecule has 8 heteroatoms. The number of nitrogens with zero attached hydrogens (tertiary/aromatic N) is 2. The molecule has 0 saturated heterocycles. The van der Waals surface area contributed by atoms with Crippen molar-refractivity contribution in [3.8, 4) is 11.4 Å². The first kappa shape index (κ1) is 19.6. The van der Waals surface area contributed by atoms with Crippen molar-refractivity contribution < 1.29 is 22.5 Å². The molecule has 0 saturated carbocycles. The van der Waals surface area contributed by atoms with Gasteiger partial charge in [0, 0.05) is 24.9 Å². The molecule has 2 aromatic carbocycles. The summed E-state index contributed by atoms with van der Waals surface area (Å²) >= 11 is 0. The number of benzene rings is 2. The fourth-order valence-corrected chi connectivity index (χ4v) is 2.52. The van der Waals surface area contributed by atoms with E-state index in [2.05, 4.69) is 15.5 Å². The molecule has 1 amide bonds. The quantitative estimate of drug-likeness (QED) is 0.682. The van der Waals surface area contributed by atoms with Crippen LogP contribution in [0.2, 0.25) is 0 Å². The molecule has 0 bridgehead atoms. The molecule has 0 aliphatic rings. The van der Waals surface area contributed by atoms with Crippen molar-refractivity contribution in [1.29, 1.82) is 0 Å². The summed E-state index contributed by atoms with van der Waals surface area (Å²) in [5, 5.41) is 6.50. The monoisotopic (exact) mass is 389 g/mol. The maximum absolute atomic E-state index is 12.8. The Morgan fingerprint density at radius 2 is 1.89 bits per heavy atom. The van der Waals surface area contributed by atoms with E-state index >= 15 is 0 Å². The van der Waals surface area contributed by atoms with Crippen LogP contribution in [0.3, 0.4) is 0 Å². The van der Waals surface area contributed by atoms with E-state index in [1.54, 1.807) is 0 Å². The van der Waals surface area contributed by atoms with E-state index in [1.165, 1.54) is 12.1 Å². The van der Waals surface area contributed by atoms with E-state index in [0.29, 0.717) is 6.54 Å². The largest absolute Gasteiger partial charge is 0.416 e. The minimum atomic E-state index is -4.45. The Morgan fingerprint density at radius 1 is 1.14 bits per heavy atom. The molecule has 3 aromatic rings. The molecule has 0 atom stereocenters. The average Bonchev–Trinajstić information content (AvgIpc) is 3.14. The molecule has 3 rings (SSSR count). The second-order valence-electron chi connectivity index (χ2n) is 6.35. The molecule has 1 aromatic heterocycles. The van der Waals surface area contributed by atoms with Gasteiger partial charge in [-0.15, -0.1) is 0 Å². The molecule has 28 heavy (non-hydrogen) atoms. The summed E-state index contributed by atoms with van der Waals surface area (Å²) in [6, 6.07) is 12.5. The van der Waals surface area contributed by atoms with E-state index in [4.69, 9.17) is 4.52 Å². The fraction of sp³-hybridized carbons (Fsp3) is 0.250. The summed E-state index contributed by atoms with van der Waals surface area (Å²) in [4.78, 5) is 16.0. The van der Waals surface area contributed by atoms with Crippen molar-refractivity contribution in [2.24, 2.45) is 0 Å². The smallest absolute Gasteiger partial charge is 0.352 e. The number of hydrogen-bond acceptors (Lipinski definition) is 4. The van der Waals surface area contributed by atoms with E-state index in [9.17, 15) is 18.0 Å². The van der Waals surface area contributed by atoms with E-state index < -0.39 is 11.7 Å². The highest BCUT2D eigenvalue weighted by molar-refractivity contribution is 5.76. The first-order chi connectivity index (χ1) is 13.3.